The molecule has 6 heteroatoms. The molecule has 1 saturated heterocycles. The second-order valence-electron chi connectivity index (χ2n) is 7.29. The van der Waals surface area contributed by atoms with Gasteiger partial charge in [-0.2, -0.15) is 4.68 Å². The molecular weight excluding hydrogens is 314 g/mol. The molecule has 2 aliphatic rings. The van der Waals surface area contributed by atoms with E-state index in [1.54, 1.807) is 4.68 Å². The van der Waals surface area contributed by atoms with Crippen LogP contribution >= 0.6 is 0 Å². The van der Waals surface area contributed by atoms with E-state index in [1.807, 2.05) is 31.2 Å². The Morgan fingerprint density at radius 3 is 2.64 bits per heavy atom. The molecule has 1 fully saturated rings. The van der Waals surface area contributed by atoms with E-state index in [0.717, 1.165) is 43.0 Å². The van der Waals surface area contributed by atoms with E-state index in [2.05, 4.69) is 33.4 Å². The van der Waals surface area contributed by atoms with Crippen molar-refractivity contribution in [2.75, 3.05) is 13.1 Å². The molecule has 1 aliphatic heterocycles. The predicted molar refractivity (Wildman–Crippen MR) is 94.1 cm³/mol. The first kappa shape index (κ1) is 16.0. The van der Waals surface area contributed by atoms with Gasteiger partial charge in [0.1, 0.15) is 0 Å². The van der Waals surface area contributed by atoms with Gasteiger partial charge in [-0.05, 0) is 66.6 Å². The molecule has 25 heavy (non-hydrogen) atoms. The maximum atomic E-state index is 12.7. The van der Waals surface area contributed by atoms with Crippen LogP contribution in [0.25, 0.3) is 5.69 Å². The minimum absolute atomic E-state index is 0.235. The van der Waals surface area contributed by atoms with Crippen LogP contribution in [-0.4, -0.2) is 44.1 Å². The zero-order valence-corrected chi connectivity index (χ0v) is 14.7. The standard InChI is InChI=1S/C19H23N5O/c1-13-3-6-16-11-23(12-17(16)9-13)19(25)10-15-4-7-18(8-5-15)24-14(2)20-21-22-24/h3-5,7-8,16-17H,6,9-12H2,1-2H3/t16-,17+/m1/s1. The molecule has 2 heterocycles. The van der Waals surface area contributed by atoms with Gasteiger partial charge in [0.15, 0.2) is 5.82 Å². The minimum atomic E-state index is 0.235. The lowest BCUT2D eigenvalue weighted by molar-refractivity contribution is -0.129. The molecule has 1 amide bonds. The van der Waals surface area contributed by atoms with Crippen LogP contribution in [0.15, 0.2) is 35.9 Å². The van der Waals surface area contributed by atoms with Gasteiger partial charge < -0.3 is 4.90 Å². The van der Waals surface area contributed by atoms with Crippen LogP contribution in [-0.2, 0) is 11.2 Å². The molecule has 0 N–H and O–H groups in total. The van der Waals surface area contributed by atoms with Gasteiger partial charge in [0.2, 0.25) is 5.91 Å². The summed E-state index contributed by atoms with van der Waals surface area (Å²) in [5, 5.41) is 11.5. The van der Waals surface area contributed by atoms with Crippen molar-refractivity contribution in [3.05, 3.63) is 47.3 Å². The summed E-state index contributed by atoms with van der Waals surface area (Å²) >= 11 is 0. The fourth-order valence-corrected chi connectivity index (χ4v) is 4.00. The molecular formula is C19H23N5O. The molecule has 1 aromatic heterocycles. The molecule has 0 bridgehead atoms. The van der Waals surface area contributed by atoms with Crippen LogP contribution in [0.5, 0.6) is 0 Å². The lowest BCUT2D eigenvalue weighted by Crippen LogP contribution is -2.30. The Labute approximate surface area is 147 Å². The van der Waals surface area contributed by atoms with Crippen LogP contribution < -0.4 is 0 Å². The van der Waals surface area contributed by atoms with Crippen molar-refractivity contribution in [1.29, 1.82) is 0 Å². The van der Waals surface area contributed by atoms with Crippen molar-refractivity contribution in [1.82, 2.24) is 25.1 Å². The van der Waals surface area contributed by atoms with E-state index in [0.29, 0.717) is 18.3 Å². The Kier molecular flexibility index (Phi) is 4.11. The second-order valence-corrected chi connectivity index (χ2v) is 7.29. The van der Waals surface area contributed by atoms with Crippen molar-refractivity contribution >= 4 is 5.91 Å². The summed E-state index contributed by atoms with van der Waals surface area (Å²) in [6.45, 7) is 5.89. The third kappa shape index (κ3) is 3.21. The highest BCUT2D eigenvalue weighted by molar-refractivity contribution is 5.79. The molecule has 0 radical (unpaired) electrons. The van der Waals surface area contributed by atoms with Gasteiger partial charge in [-0.25, -0.2) is 0 Å². The highest BCUT2D eigenvalue weighted by Gasteiger charge is 2.35. The van der Waals surface area contributed by atoms with Gasteiger partial charge in [-0.1, -0.05) is 23.8 Å². The normalized spacial score (nSPS) is 22.6. The van der Waals surface area contributed by atoms with Crippen molar-refractivity contribution in [2.24, 2.45) is 11.8 Å². The van der Waals surface area contributed by atoms with Crippen LogP contribution in [0.3, 0.4) is 0 Å². The summed E-state index contributed by atoms with van der Waals surface area (Å²) in [6, 6.07) is 7.90. The lowest BCUT2D eigenvalue weighted by atomic mass is 9.83. The average Bonchev–Trinajstić information content (AvgIpc) is 3.21. The van der Waals surface area contributed by atoms with E-state index >= 15 is 0 Å². The molecule has 6 nitrogen and oxygen atoms in total. The summed E-state index contributed by atoms with van der Waals surface area (Å²) in [6.07, 6.45) is 5.07. The molecule has 130 valence electrons. The number of carbonyl (C=O) groups excluding carboxylic acids is 1. The maximum Gasteiger partial charge on any atom is 0.227 e. The first-order chi connectivity index (χ1) is 12.1. The summed E-state index contributed by atoms with van der Waals surface area (Å²) in [5.74, 6) is 2.28. The van der Waals surface area contributed by atoms with E-state index in [-0.39, 0.29) is 5.91 Å². The number of carbonyl (C=O) groups is 1. The van der Waals surface area contributed by atoms with Crippen molar-refractivity contribution in [2.45, 2.75) is 33.1 Å². The van der Waals surface area contributed by atoms with Crippen LogP contribution in [0.1, 0.15) is 31.2 Å². The monoisotopic (exact) mass is 337 g/mol. The Balaban J connectivity index is 1.39. The first-order valence-electron chi connectivity index (χ1n) is 8.88. The number of fused-ring (bicyclic) bond motifs is 1. The van der Waals surface area contributed by atoms with Crippen molar-refractivity contribution in [3.63, 3.8) is 0 Å². The number of hydrogen-bond donors (Lipinski definition) is 0. The summed E-state index contributed by atoms with van der Waals surface area (Å²) in [4.78, 5) is 14.7. The number of allylic oxidation sites excluding steroid dienone is 2. The molecule has 2 atom stereocenters. The van der Waals surface area contributed by atoms with Gasteiger partial charge in [-0.3, -0.25) is 4.79 Å². The molecule has 0 spiro atoms. The molecule has 4 rings (SSSR count). The third-order valence-electron chi connectivity index (χ3n) is 5.44. The maximum absolute atomic E-state index is 12.7. The number of rotatable bonds is 3. The average molecular weight is 337 g/mol. The summed E-state index contributed by atoms with van der Waals surface area (Å²) in [5.41, 5.74) is 3.42. The Hall–Kier alpha value is -2.50. The minimum Gasteiger partial charge on any atom is -0.342 e. The summed E-state index contributed by atoms with van der Waals surface area (Å²) < 4.78 is 1.69. The number of aromatic nitrogens is 4. The number of tetrazole rings is 1. The van der Waals surface area contributed by atoms with Crippen molar-refractivity contribution < 1.29 is 4.79 Å². The fourth-order valence-electron chi connectivity index (χ4n) is 4.00. The number of benzene rings is 1. The molecule has 0 saturated carbocycles. The van der Waals surface area contributed by atoms with Crippen LogP contribution in [0.2, 0.25) is 0 Å². The lowest BCUT2D eigenvalue weighted by Gasteiger charge is -2.21. The molecule has 0 unspecified atom stereocenters. The number of amides is 1. The van der Waals surface area contributed by atoms with Gasteiger partial charge in [-0.15, -0.1) is 5.10 Å². The number of nitrogens with zero attached hydrogens (tertiary/aromatic N) is 5. The van der Waals surface area contributed by atoms with E-state index in [9.17, 15) is 4.79 Å². The Morgan fingerprint density at radius 1 is 1.16 bits per heavy atom. The highest BCUT2D eigenvalue weighted by atomic mass is 16.2. The second kappa shape index (κ2) is 6.43. The Bertz CT molecular complexity index is 807. The topological polar surface area (TPSA) is 63.9 Å². The van der Waals surface area contributed by atoms with E-state index in [4.69, 9.17) is 0 Å². The quantitative estimate of drug-likeness (QED) is 0.807. The zero-order chi connectivity index (χ0) is 17.4. The fraction of sp³-hybridized carbons (Fsp3) is 0.474. The van der Waals surface area contributed by atoms with Gasteiger partial charge >= 0.3 is 0 Å². The van der Waals surface area contributed by atoms with Gasteiger partial charge in [0.05, 0.1) is 12.1 Å². The van der Waals surface area contributed by atoms with E-state index < -0.39 is 0 Å². The Morgan fingerprint density at radius 2 is 1.92 bits per heavy atom. The third-order valence-corrected chi connectivity index (χ3v) is 5.44. The summed E-state index contributed by atoms with van der Waals surface area (Å²) in [7, 11) is 0. The molecule has 2 aromatic rings. The highest BCUT2D eigenvalue weighted by Crippen LogP contribution is 2.35. The van der Waals surface area contributed by atoms with Crippen LogP contribution in [0.4, 0.5) is 0 Å². The van der Waals surface area contributed by atoms with Gasteiger partial charge in [0, 0.05) is 13.1 Å². The number of likely N-dealkylation sites (tertiary alicyclic amines) is 1. The smallest absolute Gasteiger partial charge is 0.227 e. The zero-order valence-electron chi connectivity index (χ0n) is 14.7. The predicted octanol–water partition coefficient (Wildman–Crippen LogP) is 2.33. The largest absolute Gasteiger partial charge is 0.342 e. The molecule has 1 aromatic carbocycles. The molecule has 1 aliphatic carbocycles. The van der Waals surface area contributed by atoms with Crippen molar-refractivity contribution in [3.8, 4) is 5.69 Å². The first-order valence-corrected chi connectivity index (χ1v) is 8.88. The number of aryl methyl sites for hydroxylation is 1. The van der Waals surface area contributed by atoms with Gasteiger partial charge in [0.25, 0.3) is 0 Å². The van der Waals surface area contributed by atoms with Crippen LogP contribution in [0, 0.1) is 18.8 Å². The number of hydrogen-bond acceptors (Lipinski definition) is 4. The van der Waals surface area contributed by atoms with E-state index in [1.165, 1.54) is 5.57 Å². The SMILES string of the molecule is CC1=CC[C@@H]2CN(C(=O)Cc3ccc(-n4nnnc4C)cc3)C[C@@H]2C1.